The SMILES string of the molecule is CC(C)c1[c]c(C(C)C)cc(OCCN2CCN(C)CC2)c1. The molecule has 0 spiro atoms. The summed E-state index contributed by atoms with van der Waals surface area (Å²) in [5, 5.41) is 0. The van der Waals surface area contributed by atoms with Crippen LogP contribution in [0.3, 0.4) is 0 Å². The summed E-state index contributed by atoms with van der Waals surface area (Å²) in [5.41, 5.74) is 2.50. The second kappa shape index (κ2) is 7.98. The van der Waals surface area contributed by atoms with Crippen molar-refractivity contribution < 1.29 is 4.74 Å². The summed E-state index contributed by atoms with van der Waals surface area (Å²) in [6.45, 7) is 15.3. The van der Waals surface area contributed by atoms with Gasteiger partial charge in [0.15, 0.2) is 0 Å². The largest absolute Gasteiger partial charge is 0.492 e. The molecule has 0 atom stereocenters. The van der Waals surface area contributed by atoms with Gasteiger partial charge in [-0.25, -0.2) is 0 Å². The molecular formula is C19H31N2O. The minimum Gasteiger partial charge on any atom is -0.492 e. The van der Waals surface area contributed by atoms with E-state index in [1.54, 1.807) is 0 Å². The van der Waals surface area contributed by atoms with Gasteiger partial charge in [-0.2, -0.15) is 0 Å². The standard InChI is InChI=1S/C19H31N2O/c1-15(2)17-12-18(16(3)4)14-19(13-17)22-11-10-21-8-6-20(5)7-9-21/h13-16H,6-11H2,1-5H3. The van der Waals surface area contributed by atoms with Gasteiger partial charge in [0.25, 0.3) is 0 Å². The Morgan fingerprint density at radius 2 is 1.55 bits per heavy atom. The van der Waals surface area contributed by atoms with E-state index in [-0.39, 0.29) is 0 Å². The summed E-state index contributed by atoms with van der Waals surface area (Å²) in [7, 11) is 2.19. The molecule has 0 aliphatic carbocycles. The molecule has 1 aliphatic rings. The van der Waals surface area contributed by atoms with E-state index in [4.69, 9.17) is 4.74 Å². The Morgan fingerprint density at radius 1 is 1.00 bits per heavy atom. The van der Waals surface area contributed by atoms with Gasteiger partial charge in [0.05, 0.1) is 0 Å². The van der Waals surface area contributed by atoms with E-state index in [2.05, 4.69) is 62.7 Å². The van der Waals surface area contributed by atoms with Crippen molar-refractivity contribution in [2.75, 3.05) is 46.4 Å². The minimum atomic E-state index is 0.485. The molecule has 1 aromatic rings. The van der Waals surface area contributed by atoms with Crippen LogP contribution in [0.15, 0.2) is 12.1 Å². The Hall–Kier alpha value is -1.06. The molecule has 3 nitrogen and oxygen atoms in total. The van der Waals surface area contributed by atoms with E-state index < -0.39 is 0 Å². The fourth-order valence-electron chi connectivity index (χ4n) is 2.66. The average molecular weight is 303 g/mol. The smallest absolute Gasteiger partial charge is 0.119 e. The zero-order valence-electron chi connectivity index (χ0n) is 14.9. The molecular weight excluding hydrogens is 272 g/mol. The topological polar surface area (TPSA) is 15.7 Å². The molecule has 123 valence electrons. The predicted molar refractivity (Wildman–Crippen MR) is 92.9 cm³/mol. The number of likely N-dealkylation sites (N-methyl/N-ethyl adjacent to an activating group) is 1. The highest BCUT2D eigenvalue weighted by Crippen LogP contribution is 2.26. The van der Waals surface area contributed by atoms with Crippen molar-refractivity contribution in [2.24, 2.45) is 0 Å². The Morgan fingerprint density at radius 3 is 2.05 bits per heavy atom. The number of nitrogens with zero attached hydrogens (tertiary/aromatic N) is 2. The van der Waals surface area contributed by atoms with E-state index in [1.807, 2.05) is 0 Å². The van der Waals surface area contributed by atoms with Gasteiger partial charge in [-0.3, -0.25) is 4.90 Å². The molecule has 0 saturated carbocycles. The van der Waals surface area contributed by atoms with Crippen molar-refractivity contribution in [3.63, 3.8) is 0 Å². The van der Waals surface area contributed by atoms with Crippen LogP contribution in [0.4, 0.5) is 0 Å². The quantitative estimate of drug-likeness (QED) is 0.801. The third kappa shape index (κ3) is 4.99. The number of rotatable bonds is 6. The molecule has 22 heavy (non-hydrogen) atoms. The molecule has 1 heterocycles. The minimum absolute atomic E-state index is 0.485. The number of piperazine rings is 1. The molecule has 1 saturated heterocycles. The first-order chi connectivity index (χ1) is 10.5. The normalized spacial score (nSPS) is 17.4. The lowest BCUT2D eigenvalue weighted by Gasteiger charge is -2.32. The fourth-order valence-corrected chi connectivity index (χ4v) is 2.66. The molecule has 0 aromatic heterocycles. The molecule has 2 rings (SSSR count). The Balaban J connectivity index is 1.91. The fraction of sp³-hybridized carbons (Fsp3) is 0.684. The van der Waals surface area contributed by atoms with Crippen molar-refractivity contribution in [2.45, 2.75) is 39.5 Å². The Kier molecular flexibility index (Phi) is 6.27. The van der Waals surface area contributed by atoms with Crippen LogP contribution in [0.25, 0.3) is 0 Å². The first kappa shape index (κ1) is 17.3. The van der Waals surface area contributed by atoms with Crippen LogP contribution < -0.4 is 4.74 Å². The second-order valence-corrected chi connectivity index (χ2v) is 7.03. The van der Waals surface area contributed by atoms with E-state index >= 15 is 0 Å². The van der Waals surface area contributed by atoms with Crippen molar-refractivity contribution in [3.8, 4) is 5.75 Å². The van der Waals surface area contributed by atoms with Crippen molar-refractivity contribution in [1.29, 1.82) is 0 Å². The summed E-state index contributed by atoms with van der Waals surface area (Å²) in [6, 6.07) is 7.84. The van der Waals surface area contributed by atoms with Crippen molar-refractivity contribution >= 4 is 0 Å². The molecule has 3 heteroatoms. The number of ether oxygens (including phenoxy) is 1. The van der Waals surface area contributed by atoms with Crippen LogP contribution in [0.2, 0.25) is 0 Å². The van der Waals surface area contributed by atoms with E-state index in [9.17, 15) is 0 Å². The van der Waals surface area contributed by atoms with Gasteiger partial charge in [-0.15, -0.1) is 0 Å². The highest BCUT2D eigenvalue weighted by Gasteiger charge is 2.14. The summed E-state index contributed by atoms with van der Waals surface area (Å²) in [4.78, 5) is 4.87. The maximum Gasteiger partial charge on any atom is 0.119 e. The predicted octanol–water partition coefficient (Wildman–Crippen LogP) is 3.36. The highest BCUT2D eigenvalue weighted by molar-refractivity contribution is 5.36. The number of benzene rings is 1. The molecule has 1 radical (unpaired) electrons. The first-order valence-electron chi connectivity index (χ1n) is 8.56. The zero-order valence-corrected chi connectivity index (χ0v) is 14.9. The second-order valence-electron chi connectivity index (χ2n) is 7.03. The van der Waals surface area contributed by atoms with Crippen molar-refractivity contribution in [1.82, 2.24) is 9.80 Å². The Bertz CT molecular complexity index is 436. The lowest BCUT2D eigenvalue weighted by Crippen LogP contribution is -2.45. The van der Waals surface area contributed by atoms with E-state index in [0.717, 1.165) is 45.1 Å². The zero-order chi connectivity index (χ0) is 16.1. The van der Waals surface area contributed by atoms with Crippen LogP contribution in [-0.4, -0.2) is 56.2 Å². The monoisotopic (exact) mass is 303 g/mol. The maximum absolute atomic E-state index is 6.04. The summed E-state index contributed by atoms with van der Waals surface area (Å²) in [5.74, 6) is 1.97. The van der Waals surface area contributed by atoms with E-state index in [1.165, 1.54) is 11.1 Å². The van der Waals surface area contributed by atoms with Crippen molar-refractivity contribution in [3.05, 3.63) is 29.3 Å². The van der Waals surface area contributed by atoms with Crippen LogP contribution in [0, 0.1) is 6.07 Å². The van der Waals surface area contributed by atoms with Gasteiger partial charge in [0, 0.05) is 32.7 Å². The van der Waals surface area contributed by atoms with Gasteiger partial charge >= 0.3 is 0 Å². The Labute approximate surface area is 136 Å². The average Bonchev–Trinajstić information content (AvgIpc) is 2.49. The number of hydrogen-bond donors (Lipinski definition) is 0. The summed E-state index contributed by atoms with van der Waals surface area (Å²) >= 11 is 0. The van der Waals surface area contributed by atoms with Gasteiger partial charge in [0.2, 0.25) is 0 Å². The molecule has 1 aliphatic heterocycles. The van der Waals surface area contributed by atoms with E-state index in [0.29, 0.717) is 11.8 Å². The molecule has 1 fully saturated rings. The summed E-state index contributed by atoms with van der Waals surface area (Å²) in [6.07, 6.45) is 0. The van der Waals surface area contributed by atoms with Gasteiger partial charge in [-0.05, 0) is 48.2 Å². The number of hydrogen-bond acceptors (Lipinski definition) is 3. The van der Waals surface area contributed by atoms with Crippen LogP contribution in [0.5, 0.6) is 5.75 Å². The molecule has 0 unspecified atom stereocenters. The van der Waals surface area contributed by atoms with Gasteiger partial charge in [0.1, 0.15) is 12.4 Å². The van der Waals surface area contributed by atoms with Gasteiger partial charge < -0.3 is 9.64 Å². The highest BCUT2D eigenvalue weighted by atomic mass is 16.5. The van der Waals surface area contributed by atoms with Crippen LogP contribution in [-0.2, 0) is 0 Å². The maximum atomic E-state index is 6.04. The lowest BCUT2D eigenvalue weighted by molar-refractivity contribution is 0.133. The first-order valence-corrected chi connectivity index (χ1v) is 8.56. The molecule has 1 aromatic carbocycles. The lowest BCUT2D eigenvalue weighted by atomic mass is 9.95. The molecule has 0 N–H and O–H groups in total. The van der Waals surface area contributed by atoms with Crippen LogP contribution in [0.1, 0.15) is 50.7 Å². The third-order valence-electron chi connectivity index (χ3n) is 4.40. The van der Waals surface area contributed by atoms with Crippen LogP contribution >= 0.6 is 0 Å². The third-order valence-corrected chi connectivity index (χ3v) is 4.40. The summed E-state index contributed by atoms with van der Waals surface area (Å²) < 4.78 is 6.04. The molecule has 0 amide bonds. The van der Waals surface area contributed by atoms with Gasteiger partial charge in [-0.1, -0.05) is 27.7 Å². The molecule has 0 bridgehead atoms.